The molecule has 208 valence electrons. The highest BCUT2D eigenvalue weighted by Gasteiger charge is 2.65. The fraction of sp³-hybridized carbons (Fsp3) is 0.533. The number of allylic oxidation sites excluding steroid dienone is 2. The van der Waals surface area contributed by atoms with Gasteiger partial charge in [-0.1, -0.05) is 51.7 Å². The van der Waals surface area contributed by atoms with Crippen molar-refractivity contribution in [2.45, 2.75) is 83.5 Å². The number of aryl methyl sites for hydroxylation is 1. The molecule has 4 rings (SSSR count). The number of alkyl halides is 4. The molecule has 2 aromatic carbocycles. The molecule has 1 aliphatic carbocycles. The molecule has 2 aromatic rings. The number of ether oxygens (including phenoxy) is 2. The van der Waals surface area contributed by atoms with Gasteiger partial charge in [0.2, 0.25) is 0 Å². The lowest BCUT2D eigenvalue weighted by Crippen LogP contribution is -2.41. The number of hydrogen-bond acceptors (Lipinski definition) is 2. The fourth-order valence-corrected chi connectivity index (χ4v) is 5.15. The third-order valence-corrected chi connectivity index (χ3v) is 7.44. The summed E-state index contributed by atoms with van der Waals surface area (Å²) in [5, 5.41) is 0. The van der Waals surface area contributed by atoms with Crippen LogP contribution in [-0.4, -0.2) is 13.2 Å². The van der Waals surface area contributed by atoms with Crippen LogP contribution >= 0.6 is 0 Å². The number of hydrogen-bond donors (Lipinski definition) is 0. The molecule has 1 aliphatic heterocycles. The Morgan fingerprint density at radius 1 is 0.842 bits per heavy atom. The summed E-state index contributed by atoms with van der Waals surface area (Å²) in [4.78, 5) is 0. The van der Waals surface area contributed by atoms with E-state index in [2.05, 4.69) is 6.92 Å². The quantitative estimate of drug-likeness (QED) is 0.209. The van der Waals surface area contributed by atoms with Crippen molar-refractivity contribution in [1.29, 1.82) is 0 Å². The molecule has 0 amide bonds. The van der Waals surface area contributed by atoms with Crippen LogP contribution < -0.4 is 4.74 Å². The summed E-state index contributed by atoms with van der Waals surface area (Å²) in [6.45, 7) is 4.62. The van der Waals surface area contributed by atoms with Crippen LogP contribution in [0.15, 0.2) is 36.1 Å². The first kappa shape index (κ1) is 28.4. The van der Waals surface area contributed by atoms with E-state index in [4.69, 9.17) is 9.47 Å². The summed E-state index contributed by atoms with van der Waals surface area (Å²) < 4.78 is 102. The molecule has 0 radical (unpaired) electrons. The number of benzene rings is 2. The van der Waals surface area contributed by atoms with Crippen molar-refractivity contribution in [1.82, 2.24) is 0 Å². The second-order valence-corrected chi connectivity index (χ2v) is 10.2. The van der Waals surface area contributed by atoms with E-state index in [0.29, 0.717) is 24.7 Å². The molecule has 1 unspecified atom stereocenters. The zero-order valence-corrected chi connectivity index (χ0v) is 21.8. The van der Waals surface area contributed by atoms with Gasteiger partial charge in [0.05, 0.1) is 30.1 Å². The van der Waals surface area contributed by atoms with Crippen LogP contribution in [0, 0.1) is 17.6 Å². The van der Waals surface area contributed by atoms with E-state index >= 15 is 26.3 Å². The Hall–Kier alpha value is -2.64. The summed E-state index contributed by atoms with van der Waals surface area (Å²) in [7, 11) is 0. The smallest absolute Gasteiger partial charge is 0.343 e. The van der Waals surface area contributed by atoms with Gasteiger partial charge in [0.1, 0.15) is 5.82 Å². The van der Waals surface area contributed by atoms with Crippen LogP contribution in [0.25, 0.3) is 11.1 Å². The van der Waals surface area contributed by atoms with Crippen LogP contribution in [0.5, 0.6) is 5.75 Å². The molecule has 38 heavy (non-hydrogen) atoms. The van der Waals surface area contributed by atoms with Gasteiger partial charge in [0.15, 0.2) is 11.6 Å². The predicted molar refractivity (Wildman–Crippen MR) is 135 cm³/mol. The van der Waals surface area contributed by atoms with Crippen LogP contribution in [0.3, 0.4) is 0 Å². The highest BCUT2D eigenvalue weighted by molar-refractivity contribution is 5.77. The van der Waals surface area contributed by atoms with Crippen LogP contribution in [0.1, 0.15) is 81.9 Å². The van der Waals surface area contributed by atoms with Crippen molar-refractivity contribution in [3.63, 3.8) is 0 Å². The van der Waals surface area contributed by atoms with Gasteiger partial charge in [-0.25, -0.2) is 8.78 Å². The van der Waals surface area contributed by atoms with E-state index in [1.807, 2.05) is 13.0 Å². The first-order chi connectivity index (χ1) is 18.1. The largest absolute Gasteiger partial charge is 0.498 e. The monoisotopic (exact) mass is 540 g/mol. The Labute approximate surface area is 220 Å². The van der Waals surface area contributed by atoms with Gasteiger partial charge < -0.3 is 9.47 Å². The van der Waals surface area contributed by atoms with Gasteiger partial charge in [-0.2, -0.15) is 17.6 Å². The third-order valence-electron chi connectivity index (χ3n) is 7.44. The van der Waals surface area contributed by atoms with Crippen molar-refractivity contribution in [3.8, 4) is 16.9 Å². The highest BCUT2D eigenvalue weighted by Crippen LogP contribution is 2.60. The van der Waals surface area contributed by atoms with Crippen molar-refractivity contribution in [2.75, 3.05) is 13.2 Å². The second-order valence-electron chi connectivity index (χ2n) is 10.2. The van der Waals surface area contributed by atoms with Crippen LogP contribution in [0.4, 0.5) is 26.3 Å². The molecule has 0 saturated heterocycles. The topological polar surface area (TPSA) is 18.5 Å². The van der Waals surface area contributed by atoms with Crippen molar-refractivity contribution in [3.05, 3.63) is 64.4 Å². The fourth-order valence-electron chi connectivity index (χ4n) is 5.15. The van der Waals surface area contributed by atoms with Gasteiger partial charge in [-0.15, -0.1) is 0 Å². The van der Waals surface area contributed by atoms with Crippen LogP contribution in [0.2, 0.25) is 0 Å². The maximum atomic E-state index is 15.5. The zero-order valence-electron chi connectivity index (χ0n) is 21.8. The van der Waals surface area contributed by atoms with Crippen LogP contribution in [-0.2, 0) is 23.0 Å². The molecule has 8 heteroatoms. The number of halogens is 6. The van der Waals surface area contributed by atoms with E-state index in [-0.39, 0.29) is 25.0 Å². The predicted octanol–water partition coefficient (Wildman–Crippen LogP) is 9.44. The molecule has 0 bridgehead atoms. The van der Waals surface area contributed by atoms with Crippen molar-refractivity contribution >= 4 is 0 Å². The minimum absolute atomic E-state index is 0.0124. The first-order valence-electron chi connectivity index (χ1n) is 13.5. The van der Waals surface area contributed by atoms with E-state index in [0.717, 1.165) is 44.2 Å². The summed E-state index contributed by atoms with van der Waals surface area (Å²) >= 11 is 0. The van der Waals surface area contributed by atoms with Gasteiger partial charge >= 0.3 is 11.8 Å². The minimum Gasteiger partial charge on any atom is -0.498 e. The standard InChI is InChI=1S/C30H34F6O2/c1-3-5-7-8-19-9-12-21(38-18-19)13-10-20-11-14-22-23-15-16-24(37-17-6-4-2)28(32)26(23)30(35,36)29(33,34)25(22)27(20)31/h11-12,14-16,19H,3-10,13,17-18H2,1-2H3. The highest BCUT2D eigenvalue weighted by atomic mass is 19.3. The van der Waals surface area contributed by atoms with Gasteiger partial charge in [0.25, 0.3) is 0 Å². The average molecular weight is 541 g/mol. The third kappa shape index (κ3) is 5.28. The van der Waals surface area contributed by atoms with Gasteiger partial charge in [-0.05, 0) is 66.5 Å². The van der Waals surface area contributed by atoms with Crippen molar-refractivity contribution < 1.29 is 35.8 Å². The van der Waals surface area contributed by atoms with E-state index < -0.39 is 51.5 Å². The maximum Gasteiger partial charge on any atom is 0.343 e. The lowest BCUT2D eigenvalue weighted by molar-refractivity contribution is -0.228. The molecule has 0 fully saturated rings. The average Bonchev–Trinajstić information content (AvgIpc) is 2.88. The van der Waals surface area contributed by atoms with Gasteiger partial charge in [0, 0.05) is 6.42 Å². The molecule has 1 heterocycles. The molecule has 0 N–H and O–H groups in total. The summed E-state index contributed by atoms with van der Waals surface area (Å²) in [6.07, 6.45) is 8.82. The Morgan fingerprint density at radius 3 is 2.13 bits per heavy atom. The Balaban J connectivity index is 1.59. The lowest BCUT2D eigenvalue weighted by atomic mass is 9.78. The maximum absolute atomic E-state index is 15.5. The molecule has 1 atom stereocenters. The molecular formula is C30H34F6O2. The molecule has 2 aliphatic rings. The molecule has 2 nitrogen and oxygen atoms in total. The molecule has 0 aromatic heterocycles. The Bertz CT molecular complexity index is 1170. The lowest BCUT2D eigenvalue weighted by Gasteiger charge is -2.36. The zero-order chi connectivity index (χ0) is 27.5. The minimum atomic E-state index is -4.97. The second kappa shape index (κ2) is 11.6. The van der Waals surface area contributed by atoms with Gasteiger partial charge in [-0.3, -0.25) is 0 Å². The van der Waals surface area contributed by atoms with E-state index in [1.54, 1.807) is 0 Å². The molecular weight excluding hydrogens is 506 g/mol. The normalized spacial score (nSPS) is 19.3. The first-order valence-corrected chi connectivity index (χ1v) is 13.5. The Morgan fingerprint density at radius 2 is 1.50 bits per heavy atom. The molecule has 0 saturated carbocycles. The number of rotatable bonds is 11. The number of unbranched alkanes of at least 4 members (excludes halogenated alkanes) is 3. The number of fused-ring (bicyclic) bond motifs is 3. The Kier molecular flexibility index (Phi) is 8.68. The summed E-state index contributed by atoms with van der Waals surface area (Å²) in [5.74, 6) is -12.3. The van der Waals surface area contributed by atoms with Crippen molar-refractivity contribution in [2.24, 2.45) is 5.92 Å². The summed E-state index contributed by atoms with van der Waals surface area (Å²) in [5.41, 5.74) is -3.89. The van der Waals surface area contributed by atoms with E-state index in [9.17, 15) is 0 Å². The SMILES string of the molecule is CCCCCC1CC=C(CCc2ccc3c(c2F)C(F)(F)C(F)(F)c2c-3ccc(OCCCC)c2F)OC1. The van der Waals surface area contributed by atoms with E-state index in [1.165, 1.54) is 18.6 Å². The molecule has 0 spiro atoms. The summed E-state index contributed by atoms with van der Waals surface area (Å²) in [6, 6.07) is 4.70.